The average Bonchev–Trinajstić information content (AvgIpc) is 3.47. The van der Waals surface area contributed by atoms with Gasteiger partial charge in [-0.05, 0) is 116 Å². The Kier molecular flexibility index (Phi) is 66.7. The van der Waals surface area contributed by atoms with Gasteiger partial charge in [0.15, 0.2) is 6.10 Å². The highest BCUT2D eigenvalue weighted by Gasteiger charge is 2.19. The Balaban J connectivity index is 4.17. The van der Waals surface area contributed by atoms with E-state index in [1.54, 1.807) is 0 Å². The van der Waals surface area contributed by atoms with Crippen molar-refractivity contribution in [1.82, 2.24) is 0 Å². The van der Waals surface area contributed by atoms with Crippen molar-refractivity contribution in [3.8, 4) is 0 Å². The molecule has 1 unspecified atom stereocenters. The Labute approximate surface area is 508 Å². The van der Waals surface area contributed by atoms with Gasteiger partial charge in [-0.3, -0.25) is 14.4 Å². The fourth-order valence-corrected chi connectivity index (χ4v) is 10.1. The highest BCUT2D eigenvalue weighted by molar-refractivity contribution is 5.71. The van der Waals surface area contributed by atoms with Crippen LogP contribution in [0.15, 0.2) is 97.2 Å². The van der Waals surface area contributed by atoms with Crippen LogP contribution in [-0.2, 0) is 28.6 Å². The van der Waals surface area contributed by atoms with Crippen LogP contribution < -0.4 is 0 Å². The summed E-state index contributed by atoms with van der Waals surface area (Å²) in [5.41, 5.74) is 0. The van der Waals surface area contributed by atoms with Crippen molar-refractivity contribution in [3.05, 3.63) is 97.2 Å². The van der Waals surface area contributed by atoms with Crippen LogP contribution >= 0.6 is 0 Å². The smallest absolute Gasteiger partial charge is 0.306 e. The summed E-state index contributed by atoms with van der Waals surface area (Å²) in [6.45, 7) is 6.42. The van der Waals surface area contributed by atoms with Gasteiger partial charge in [0, 0.05) is 19.3 Å². The van der Waals surface area contributed by atoms with Crippen LogP contribution in [0.1, 0.15) is 348 Å². The number of esters is 3. The molecule has 0 N–H and O–H groups in total. The van der Waals surface area contributed by atoms with Gasteiger partial charge in [-0.15, -0.1) is 0 Å². The van der Waals surface area contributed by atoms with Crippen molar-refractivity contribution >= 4 is 17.9 Å². The molecule has 0 saturated carbocycles. The Morgan fingerprint density at radius 1 is 0.256 bits per heavy atom. The van der Waals surface area contributed by atoms with Crippen molar-refractivity contribution in [2.75, 3.05) is 13.2 Å². The number of hydrogen-bond acceptors (Lipinski definition) is 6. The highest BCUT2D eigenvalue weighted by atomic mass is 16.6. The summed E-state index contributed by atoms with van der Waals surface area (Å²) in [7, 11) is 0. The summed E-state index contributed by atoms with van der Waals surface area (Å²) in [4.78, 5) is 38.4. The topological polar surface area (TPSA) is 78.9 Å². The van der Waals surface area contributed by atoms with Crippen LogP contribution in [0.4, 0.5) is 0 Å². The average molecular weight is 1140 g/mol. The van der Waals surface area contributed by atoms with E-state index in [0.29, 0.717) is 19.3 Å². The van der Waals surface area contributed by atoms with Crippen LogP contribution in [-0.4, -0.2) is 37.2 Å². The molecular formula is C76H132O6. The minimum absolute atomic E-state index is 0.0849. The largest absolute Gasteiger partial charge is 0.462 e. The molecule has 0 aromatic carbocycles. The second-order valence-electron chi connectivity index (χ2n) is 23.4. The molecule has 6 nitrogen and oxygen atoms in total. The zero-order valence-electron chi connectivity index (χ0n) is 54.2. The number of carbonyl (C=O) groups is 3. The highest BCUT2D eigenvalue weighted by Crippen LogP contribution is 2.18. The molecule has 82 heavy (non-hydrogen) atoms. The lowest BCUT2D eigenvalue weighted by Crippen LogP contribution is -2.30. The normalized spacial score (nSPS) is 12.7. The maximum atomic E-state index is 12.9. The minimum atomic E-state index is -0.791. The molecule has 0 amide bonds. The van der Waals surface area contributed by atoms with Crippen molar-refractivity contribution in [2.24, 2.45) is 0 Å². The minimum Gasteiger partial charge on any atom is -0.462 e. The summed E-state index contributed by atoms with van der Waals surface area (Å²) >= 11 is 0. The molecule has 0 aliphatic carbocycles. The molecule has 0 bridgehead atoms. The Morgan fingerprint density at radius 2 is 0.476 bits per heavy atom. The number of carbonyl (C=O) groups excluding carboxylic acids is 3. The van der Waals surface area contributed by atoms with E-state index in [4.69, 9.17) is 14.2 Å². The van der Waals surface area contributed by atoms with E-state index in [1.807, 2.05) is 0 Å². The summed E-state index contributed by atoms with van der Waals surface area (Å²) in [5.74, 6) is -0.904. The third-order valence-corrected chi connectivity index (χ3v) is 15.3. The van der Waals surface area contributed by atoms with Gasteiger partial charge in [-0.1, -0.05) is 311 Å². The van der Waals surface area contributed by atoms with Gasteiger partial charge in [-0.25, -0.2) is 0 Å². The van der Waals surface area contributed by atoms with E-state index in [9.17, 15) is 14.4 Å². The molecule has 6 heteroatoms. The van der Waals surface area contributed by atoms with Gasteiger partial charge in [0.25, 0.3) is 0 Å². The van der Waals surface area contributed by atoms with E-state index in [2.05, 4.69) is 118 Å². The number of rotatable bonds is 64. The summed E-state index contributed by atoms with van der Waals surface area (Å²) in [6, 6.07) is 0. The molecule has 0 rings (SSSR count). The van der Waals surface area contributed by atoms with E-state index in [0.717, 1.165) is 109 Å². The first-order valence-corrected chi connectivity index (χ1v) is 35.2. The molecule has 1 atom stereocenters. The predicted molar refractivity (Wildman–Crippen MR) is 357 cm³/mol. The molecule has 0 aliphatic rings. The van der Waals surface area contributed by atoms with Gasteiger partial charge in [-0.2, -0.15) is 0 Å². The maximum Gasteiger partial charge on any atom is 0.306 e. The standard InChI is InChI=1S/C76H132O6/c1-4-7-10-13-16-19-22-25-27-29-31-32-33-34-35-36-37-38-39-40-41-42-43-44-45-47-48-51-54-57-60-63-66-69-75(78)81-72-73(71-80-74(77)68-65-62-59-56-53-50-24-21-18-15-12-9-6-3)82-76(79)70-67-64-61-58-55-52-49-46-30-28-26-23-20-17-14-11-8-5-2/h7,9-10,12,16,18-19,21,25,27-28,30-32,50,53,73H,4-6,8,11,13-15,17,20,22-24,26,29,33-49,51-52,54-72H2,1-3H3/b10-7-,12-9-,19-16-,21-18-,27-25-,30-28-,32-31-,53-50-. The van der Waals surface area contributed by atoms with Crippen molar-refractivity contribution in [3.63, 3.8) is 0 Å². The van der Waals surface area contributed by atoms with Gasteiger partial charge in [0.2, 0.25) is 0 Å². The van der Waals surface area contributed by atoms with Crippen LogP contribution in [0.2, 0.25) is 0 Å². The first-order chi connectivity index (χ1) is 40.5. The zero-order valence-corrected chi connectivity index (χ0v) is 54.2. The van der Waals surface area contributed by atoms with Crippen LogP contribution in [0.3, 0.4) is 0 Å². The van der Waals surface area contributed by atoms with Crippen molar-refractivity contribution in [1.29, 1.82) is 0 Å². The lowest BCUT2D eigenvalue weighted by atomic mass is 10.0. The lowest BCUT2D eigenvalue weighted by Gasteiger charge is -2.18. The SMILES string of the molecule is CC/C=C\C/C=C\C/C=C\C/C=C\CCCCCCCCCCCCCCCCCCCCCCC(=O)OCC(COC(=O)CCCCC/C=C\C/C=C\C/C=C\CC)OC(=O)CCCCCCCCC/C=C\CCCCCCCCC. The zero-order chi connectivity index (χ0) is 59.2. The van der Waals surface area contributed by atoms with E-state index >= 15 is 0 Å². The van der Waals surface area contributed by atoms with Crippen molar-refractivity contribution < 1.29 is 28.6 Å². The monoisotopic (exact) mass is 1140 g/mol. The van der Waals surface area contributed by atoms with Crippen LogP contribution in [0.25, 0.3) is 0 Å². The predicted octanol–water partition coefficient (Wildman–Crippen LogP) is 24.4. The quantitative estimate of drug-likeness (QED) is 0.0261. The molecular weight excluding hydrogens is 1010 g/mol. The Hall–Kier alpha value is -3.67. The molecule has 0 saturated heterocycles. The van der Waals surface area contributed by atoms with Crippen molar-refractivity contribution in [2.45, 2.75) is 354 Å². The first-order valence-electron chi connectivity index (χ1n) is 35.2. The van der Waals surface area contributed by atoms with Gasteiger partial charge in [0.1, 0.15) is 13.2 Å². The third-order valence-electron chi connectivity index (χ3n) is 15.3. The summed E-state index contributed by atoms with van der Waals surface area (Å²) < 4.78 is 16.9. The Morgan fingerprint density at radius 3 is 0.768 bits per heavy atom. The second kappa shape index (κ2) is 69.8. The van der Waals surface area contributed by atoms with Gasteiger partial charge < -0.3 is 14.2 Å². The number of unbranched alkanes of at least 4 members (excludes halogenated alkanes) is 37. The van der Waals surface area contributed by atoms with Crippen LogP contribution in [0, 0.1) is 0 Å². The molecule has 0 aromatic rings. The van der Waals surface area contributed by atoms with E-state index in [-0.39, 0.29) is 31.1 Å². The molecule has 0 heterocycles. The molecule has 0 fully saturated rings. The second-order valence-corrected chi connectivity index (χ2v) is 23.4. The summed E-state index contributed by atoms with van der Waals surface area (Å²) in [5, 5.41) is 0. The molecule has 0 aliphatic heterocycles. The fraction of sp³-hybridized carbons (Fsp3) is 0.750. The van der Waals surface area contributed by atoms with Gasteiger partial charge >= 0.3 is 17.9 Å². The van der Waals surface area contributed by atoms with E-state index < -0.39 is 6.10 Å². The maximum absolute atomic E-state index is 12.9. The third kappa shape index (κ3) is 67.1. The Bertz CT molecular complexity index is 1590. The van der Waals surface area contributed by atoms with E-state index in [1.165, 1.54) is 199 Å². The molecule has 472 valence electrons. The molecule has 0 spiro atoms. The summed E-state index contributed by atoms with van der Waals surface area (Å²) in [6.07, 6.45) is 94.5. The first kappa shape index (κ1) is 78.3. The molecule has 0 radical (unpaired) electrons. The number of allylic oxidation sites excluding steroid dienone is 16. The fourth-order valence-electron chi connectivity index (χ4n) is 10.1. The van der Waals surface area contributed by atoms with Crippen LogP contribution in [0.5, 0.6) is 0 Å². The number of ether oxygens (including phenoxy) is 3. The lowest BCUT2D eigenvalue weighted by molar-refractivity contribution is -0.167. The number of hydrogen-bond donors (Lipinski definition) is 0. The van der Waals surface area contributed by atoms with Gasteiger partial charge in [0.05, 0.1) is 0 Å². The molecule has 0 aromatic heterocycles.